The number of thioether (sulfide) groups is 1. The Balaban J connectivity index is 2.16. The van der Waals surface area contributed by atoms with Crippen LogP contribution in [0.1, 0.15) is 26.0 Å². The Morgan fingerprint density at radius 1 is 1.52 bits per heavy atom. The Bertz CT molecular complexity index is 662. The van der Waals surface area contributed by atoms with Crippen LogP contribution in [0.4, 0.5) is 0 Å². The standard InChI is InChI=1S/C16H17NO4S2/c1-10(2)9-12(15(19)20)17-14(18)13(23-16(17)22)7-3-5-11-6-4-8-21-11/h3-8,10,12H,9H2,1-2H3,(H,19,20)/b5-3+,13-7+/t12-/m0/s1. The average Bonchev–Trinajstić information content (AvgIpc) is 3.06. The van der Waals surface area contributed by atoms with Gasteiger partial charge in [0.2, 0.25) is 0 Å². The second kappa shape index (κ2) is 7.61. The Labute approximate surface area is 144 Å². The zero-order valence-electron chi connectivity index (χ0n) is 12.8. The molecule has 0 bridgehead atoms. The molecule has 2 heterocycles. The van der Waals surface area contributed by atoms with Crippen molar-refractivity contribution >= 4 is 46.3 Å². The number of allylic oxidation sites excluding steroid dienone is 2. The number of amides is 1. The van der Waals surface area contributed by atoms with Gasteiger partial charge in [-0.2, -0.15) is 0 Å². The van der Waals surface area contributed by atoms with Crippen LogP contribution in [0.3, 0.4) is 0 Å². The van der Waals surface area contributed by atoms with E-state index in [4.69, 9.17) is 16.6 Å². The average molecular weight is 351 g/mol. The van der Waals surface area contributed by atoms with E-state index in [-0.39, 0.29) is 16.1 Å². The molecule has 122 valence electrons. The summed E-state index contributed by atoms with van der Waals surface area (Å²) in [5.41, 5.74) is 0. The lowest BCUT2D eigenvalue weighted by atomic mass is 10.0. The lowest BCUT2D eigenvalue weighted by Gasteiger charge is -2.24. The Hall–Kier alpha value is -1.86. The highest BCUT2D eigenvalue weighted by molar-refractivity contribution is 8.26. The van der Waals surface area contributed by atoms with E-state index in [1.54, 1.807) is 36.6 Å². The van der Waals surface area contributed by atoms with Crippen LogP contribution in [0.15, 0.2) is 39.9 Å². The summed E-state index contributed by atoms with van der Waals surface area (Å²) in [5, 5.41) is 9.40. The normalized spacial score (nSPS) is 18.6. The summed E-state index contributed by atoms with van der Waals surface area (Å²) in [6.45, 7) is 3.82. The molecule has 5 nitrogen and oxygen atoms in total. The number of hydrogen-bond acceptors (Lipinski definition) is 5. The van der Waals surface area contributed by atoms with Gasteiger partial charge in [0.1, 0.15) is 16.1 Å². The van der Waals surface area contributed by atoms with Crippen molar-refractivity contribution in [2.45, 2.75) is 26.3 Å². The van der Waals surface area contributed by atoms with Crippen molar-refractivity contribution in [1.82, 2.24) is 4.90 Å². The first-order chi connectivity index (χ1) is 10.9. The summed E-state index contributed by atoms with van der Waals surface area (Å²) >= 11 is 6.31. The first-order valence-corrected chi connectivity index (χ1v) is 8.32. The molecule has 1 N–H and O–H groups in total. The third kappa shape index (κ3) is 4.33. The molecule has 0 saturated carbocycles. The van der Waals surface area contributed by atoms with Gasteiger partial charge in [0.15, 0.2) is 0 Å². The second-order valence-electron chi connectivity index (χ2n) is 5.43. The molecule has 0 spiro atoms. The molecule has 1 aliphatic heterocycles. The molecule has 2 rings (SSSR count). The quantitative estimate of drug-likeness (QED) is 0.624. The maximum absolute atomic E-state index is 12.5. The largest absolute Gasteiger partial charge is 0.480 e. The number of carboxylic acid groups (broad SMARTS) is 1. The third-order valence-corrected chi connectivity index (χ3v) is 4.51. The SMILES string of the molecule is CC(C)C[C@@H](C(=O)O)N1C(=O)/C(=C\C=C\c2ccco2)SC1=S. The fourth-order valence-corrected chi connectivity index (χ4v) is 3.45. The molecule has 0 unspecified atom stereocenters. The van der Waals surface area contributed by atoms with Crippen LogP contribution in [0.2, 0.25) is 0 Å². The second-order valence-corrected chi connectivity index (χ2v) is 7.11. The van der Waals surface area contributed by atoms with E-state index in [9.17, 15) is 14.7 Å². The molecule has 1 amide bonds. The van der Waals surface area contributed by atoms with Gasteiger partial charge in [-0.1, -0.05) is 43.9 Å². The van der Waals surface area contributed by atoms with Crippen LogP contribution in [-0.2, 0) is 9.59 Å². The van der Waals surface area contributed by atoms with Crippen molar-refractivity contribution in [2.75, 3.05) is 0 Å². The van der Waals surface area contributed by atoms with Crippen LogP contribution < -0.4 is 0 Å². The maximum atomic E-state index is 12.5. The minimum Gasteiger partial charge on any atom is -0.480 e. The monoisotopic (exact) mass is 351 g/mol. The van der Waals surface area contributed by atoms with E-state index in [1.807, 2.05) is 13.8 Å². The summed E-state index contributed by atoms with van der Waals surface area (Å²) in [5.74, 6) is -0.594. The molecule has 1 aromatic heterocycles. The van der Waals surface area contributed by atoms with Gasteiger partial charge in [-0.05, 0) is 36.6 Å². The zero-order valence-corrected chi connectivity index (χ0v) is 14.4. The first-order valence-electron chi connectivity index (χ1n) is 7.10. The fraction of sp³-hybridized carbons (Fsp3) is 0.312. The lowest BCUT2D eigenvalue weighted by Crippen LogP contribution is -2.44. The molecule has 23 heavy (non-hydrogen) atoms. The zero-order chi connectivity index (χ0) is 17.0. The number of carbonyl (C=O) groups is 2. The number of rotatable bonds is 6. The highest BCUT2D eigenvalue weighted by atomic mass is 32.2. The lowest BCUT2D eigenvalue weighted by molar-refractivity contribution is -0.145. The van der Waals surface area contributed by atoms with Gasteiger partial charge in [-0.25, -0.2) is 4.79 Å². The van der Waals surface area contributed by atoms with Crippen LogP contribution in [0.25, 0.3) is 6.08 Å². The molecular weight excluding hydrogens is 334 g/mol. The Kier molecular flexibility index (Phi) is 5.79. The molecule has 0 aromatic carbocycles. The Morgan fingerprint density at radius 2 is 2.26 bits per heavy atom. The summed E-state index contributed by atoms with van der Waals surface area (Å²) in [6.07, 6.45) is 6.94. The topological polar surface area (TPSA) is 70.8 Å². The van der Waals surface area contributed by atoms with E-state index in [0.29, 0.717) is 17.1 Å². The predicted octanol–water partition coefficient (Wildman–Crippen LogP) is 3.54. The summed E-state index contributed by atoms with van der Waals surface area (Å²) in [6, 6.07) is 2.63. The van der Waals surface area contributed by atoms with Gasteiger partial charge in [-0.15, -0.1) is 0 Å². The van der Waals surface area contributed by atoms with E-state index in [2.05, 4.69) is 0 Å². The number of aliphatic carboxylic acids is 1. The summed E-state index contributed by atoms with van der Waals surface area (Å²) < 4.78 is 5.44. The molecule has 1 atom stereocenters. The van der Waals surface area contributed by atoms with Gasteiger partial charge in [0, 0.05) is 0 Å². The molecular formula is C16H17NO4S2. The molecule has 7 heteroatoms. The smallest absolute Gasteiger partial charge is 0.326 e. The van der Waals surface area contributed by atoms with Gasteiger partial charge >= 0.3 is 5.97 Å². The van der Waals surface area contributed by atoms with Crippen molar-refractivity contribution in [3.05, 3.63) is 41.2 Å². The summed E-state index contributed by atoms with van der Waals surface area (Å²) in [7, 11) is 0. The van der Waals surface area contributed by atoms with Gasteiger partial charge in [0.05, 0.1) is 11.2 Å². The van der Waals surface area contributed by atoms with Crippen LogP contribution in [0.5, 0.6) is 0 Å². The maximum Gasteiger partial charge on any atom is 0.326 e. The fourth-order valence-electron chi connectivity index (χ4n) is 2.14. The Morgan fingerprint density at radius 3 is 2.83 bits per heavy atom. The summed E-state index contributed by atoms with van der Waals surface area (Å²) in [4.78, 5) is 25.6. The number of furan rings is 1. The number of thiocarbonyl (C=S) groups is 1. The van der Waals surface area contributed by atoms with Crippen LogP contribution >= 0.6 is 24.0 Å². The van der Waals surface area contributed by atoms with Gasteiger partial charge < -0.3 is 9.52 Å². The molecule has 1 aromatic rings. The number of hydrogen-bond donors (Lipinski definition) is 1. The molecule has 1 saturated heterocycles. The van der Waals surface area contributed by atoms with Crippen molar-refractivity contribution in [3.63, 3.8) is 0 Å². The van der Waals surface area contributed by atoms with Crippen molar-refractivity contribution in [3.8, 4) is 0 Å². The minimum atomic E-state index is -1.04. The molecule has 0 aliphatic carbocycles. The number of nitrogens with zero attached hydrogens (tertiary/aromatic N) is 1. The number of carbonyl (C=O) groups excluding carboxylic acids is 1. The van der Waals surface area contributed by atoms with Crippen LogP contribution in [0, 0.1) is 5.92 Å². The minimum absolute atomic E-state index is 0.142. The highest BCUT2D eigenvalue weighted by Crippen LogP contribution is 2.34. The van der Waals surface area contributed by atoms with Crippen molar-refractivity contribution in [1.29, 1.82) is 0 Å². The van der Waals surface area contributed by atoms with Crippen molar-refractivity contribution < 1.29 is 19.1 Å². The number of carboxylic acids is 1. The van der Waals surface area contributed by atoms with E-state index in [0.717, 1.165) is 11.8 Å². The predicted molar refractivity (Wildman–Crippen MR) is 93.7 cm³/mol. The third-order valence-electron chi connectivity index (χ3n) is 3.17. The molecule has 1 fully saturated rings. The van der Waals surface area contributed by atoms with Crippen molar-refractivity contribution in [2.24, 2.45) is 5.92 Å². The van der Waals surface area contributed by atoms with E-state index in [1.165, 1.54) is 4.90 Å². The van der Waals surface area contributed by atoms with Gasteiger partial charge in [-0.3, -0.25) is 9.69 Å². The van der Waals surface area contributed by atoms with Gasteiger partial charge in [0.25, 0.3) is 5.91 Å². The first kappa shape index (κ1) is 17.5. The molecule has 1 aliphatic rings. The highest BCUT2D eigenvalue weighted by Gasteiger charge is 2.40. The van der Waals surface area contributed by atoms with Crippen LogP contribution in [-0.4, -0.2) is 32.2 Å². The van der Waals surface area contributed by atoms with E-state index >= 15 is 0 Å². The molecule has 0 radical (unpaired) electrons. The van der Waals surface area contributed by atoms with E-state index < -0.39 is 12.0 Å².